The zero-order valence-corrected chi connectivity index (χ0v) is 22.1. The minimum Gasteiger partial charge on any atom is -0.371 e. The zero-order chi connectivity index (χ0) is 27.2. The number of aromatic nitrogens is 1. The molecule has 0 unspecified atom stereocenters. The predicted octanol–water partition coefficient (Wildman–Crippen LogP) is 6.35. The van der Waals surface area contributed by atoms with Crippen molar-refractivity contribution in [2.45, 2.75) is 70.0 Å². The molecule has 1 aliphatic heterocycles. The second-order valence-electron chi connectivity index (χ2n) is 10.8. The molecular weight excluding hydrogens is 503 g/mol. The lowest BCUT2D eigenvalue weighted by Crippen LogP contribution is -2.42. The van der Waals surface area contributed by atoms with Crippen molar-refractivity contribution in [2.75, 3.05) is 13.1 Å². The fourth-order valence-electron chi connectivity index (χ4n) is 5.72. The Labute approximate surface area is 228 Å². The number of hydrogen-bond acceptors (Lipinski definition) is 3. The zero-order valence-electron chi connectivity index (χ0n) is 22.1. The van der Waals surface area contributed by atoms with Gasteiger partial charge in [-0.1, -0.05) is 30.3 Å². The molecule has 1 aliphatic carbocycles. The summed E-state index contributed by atoms with van der Waals surface area (Å²) in [4.78, 5) is 15.2. The van der Waals surface area contributed by atoms with E-state index in [0.717, 1.165) is 75.0 Å². The smallest absolute Gasteiger partial charge is 0.371 e. The fourth-order valence-corrected chi connectivity index (χ4v) is 5.72. The molecule has 0 spiro atoms. The van der Waals surface area contributed by atoms with Crippen molar-refractivity contribution >= 4 is 5.91 Å². The number of nitrogens with one attached hydrogen (secondary N) is 1. The van der Waals surface area contributed by atoms with E-state index >= 15 is 0 Å². The van der Waals surface area contributed by atoms with Crippen LogP contribution < -0.4 is 5.32 Å². The molecule has 5 rings (SSSR count). The number of hydrogen-bond donors (Lipinski definition) is 1. The fraction of sp³-hybridized carbons (Fsp3) is 0.452. The summed E-state index contributed by atoms with van der Waals surface area (Å²) in [5.74, 6) is 0.505. The Balaban J connectivity index is 1.04. The maximum atomic E-state index is 12.8. The van der Waals surface area contributed by atoms with Gasteiger partial charge in [-0.05, 0) is 92.6 Å². The normalized spacial score (nSPS) is 20.8. The summed E-state index contributed by atoms with van der Waals surface area (Å²) in [6.07, 6.45) is 5.14. The molecule has 2 aromatic carbocycles. The van der Waals surface area contributed by atoms with Crippen LogP contribution in [0.25, 0.3) is 5.69 Å². The molecule has 8 heteroatoms. The Morgan fingerprint density at radius 2 is 1.67 bits per heavy atom. The van der Waals surface area contributed by atoms with Crippen LogP contribution in [0, 0.1) is 5.92 Å². The van der Waals surface area contributed by atoms with Gasteiger partial charge in [-0.3, -0.25) is 9.69 Å². The van der Waals surface area contributed by atoms with Crippen molar-refractivity contribution in [2.24, 2.45) is 5.92 Å². The number of halogens is 3. The monoisotopic (exact) mass is 539 g/mol. The maximum Gasteiger partial charge on any atom is 0.416 e. The van der Waals surface area contributed by atoms with Crippen molar-refractivity contribution in [3.63, 3.8) is 0 Å². The minimum absolute atomic E-state index is 0.0749. The Bertz CT molecular complexity index is 1200. The van der Waals surface area contributed by atoms with Crippen LogP contribution in [0.3, 0.4) is 0 Å². The summed E-state index contributed by atoms with van der Waals surface area (Å²) in [6.45, 7) is 3.21. The van der Waals surface area contributed by atoms with E-state index in [1.54, 1.807) is 0 Å². The summed E-state index contributed by atoms with van der Waals surface area (Å²) in [5, 5.41) is 3.25. The molecule has 2 aliphatic rings. The van der Waals surface area contributed by atoms with Gasteiger partial charge < -0.3 is 14.6 Å². The van der Waals surface area contributed by atoms with Gasteiger partial charge in [0.25, 0.3) is 0 Å². The number of alkyl halides is 3. The average Bonchev–Trinajstić information content (AvgIpc) is 3.58. The van der Waals surface area contributed by atoms with E-state index in [0.29, 0.717) is 24.6 Å². The number of carbonyl (C=O) groups excluding carboxylic acids is 1. The number of likely N-dealkylation sites (tertiary alicyclic amines) is 1. The number of ether oxygens (including phenoxy) is 1. The summed E-state index contributed by atoms with van der Waals surface area (Å²) in [5.41, 5.74) is 2.33. The van der Waals surface area contributed by atoms with Gasteiger partial charge >= 0.3 is 6.18 Å². The molecule has 0 radical (unpaired) electrons. The third-order valence-corrected chi connectivity index (χ3v) is 7.94. The first-order valence-electron chi connectivity index (χ1n) is 13.9. The third kappa shape index (κ3) is 7.51. The highest BCUT2D eigenvalue weighted by Gasteiger charge is 2.31. The summed E-state index contributed by atoms with van der Waals surface area (Å²) in [6, 6.07) is 17.4. The van der Waals surface area contributed by atoms with Crippen LogP contribution in [-0.2, 0) is 28.9 Å². The minimum atomic E-state index is -4.33. The Morgan fingerprint density at radius 3 is 2.38 bits per heavy atom. The molecule has 0 bridgehead atoms. The maximum absolute atomic E-state index is 12.8. The highest BCUT2D eigenvalue weighted by molar-refractivity contribution is 5.76. The van der Waals surface area contributed by atoms with E-state index < -0.39 is 11.7 Å². The number of benzene rings is 2. The first-order chi connectivity index (χ1) is 18.8. The summed E-state index contributed by atoms with van der Waals surface area (Å²) in [7, 11) is 0. The van der Waals surface area contributed by atoms with Gasteiger partial charge in [0.05, 0.1) is 24.3 Å². The molecule has 2 atom stereocenters. The lowest BCUT2D eigenvalue weighted by atomic mass is 9.93. The van der Waals surface area contributed by atoms with Crippen molar-refractivity contribution < 1.29 is 22.7 Å². The van der Waals surface area contributed by atoms with Gasteiger partial charge in [0.1, 0.15) is 0 Å². The van der Waals surface area contributed by atoms with E-state index in [4.69, 9.17) is 4.74 Å². The molecule has 1 N–H and O–H groups in total. The van der Waals surface area contributed by atoms with Gasteiger partial charge in [-0.2, -0.15) is 13.2 Å². The van der Waals surface area contributed by atoms with Crippen LogP contribution in [0.4, 0.5) is 13.2 Å². The first kappa shape index (κ1) is 27.5. The quantitative estimate of drug-likeness (QED) is 0.345. The first-order valence-corrected chi connectivity index (χ1v) is 13.9. The van der Waals surface area contributed by atoms with Gasteiger partial charge in [0, 0.05) is 31.0 Å². The lowest BCUT2D eigenvalue weighted by Gasteiger charge is -2.32. The number of nitrogens with zero attached hydrogens (tertiary/aromatic N) is 2. The van der Waals surface area contributed by atoms with Crippen molar-refractivity contribution in [3.05, 3.63) is 89.7 Å². The van der Waals surface area contributed by atoms with E-state index in [2.05, 4.69) is 22.3 Å². The van der Waals surface area contributed by atoms with Crippen molar-refractivity contribution in [1.82, 2.24) is 14.8 Å². The van der Waals surface area contributed by atoms with Crippen molar-refractivity contribution in [1.29, 1.82) is 0 Å². The number of carbonyl (C=O) groups is 1. The molecule has 2 heterocycles. The van der Waals surface area contributed by atoms with E-state index in [1.807, 2.05) is 41.2 Å². The van der Waals surface area contributed by atoms with E-state index in [9.17, 15) is 18.0 Å². The molecule has 5 nitrogen and oxygen atoms in total. The molecule has 39 heavy (non-hydrogen) atoms. The SMILES string of the molecule is O=C(CC1CCN(Cc2ccn(-c3ccc(C(F)(F)F)cc3)c2)CC1)N[C@H]1CCC[C@@H]1OCc1ccccc1. The highest BCUT2D eigenvalue weighted by Crippen LogP contribution is 2.30. The van der Waals surface area contributed by atoms with Crippen molar-refractivity contribution in [3.8, 4) is 5.69 Å². The molecular formula is C31H36F3N3O2. The average molecular weight is 540 g/mol. The third-order valence-electron chi connectivity index (χ3n) is 7.94. The number of piperidine rings is 1. The molecule has 1 amide bonds. The molecule has 2 fully saturated rings. The van der Waals surface area contributed by atoms with E-state index in [1.165, 1.54) is 12.1 Å². The predicted molar refractivity (Wildman–Crippen MR) is 144 cm³/mol. The van der Waals surface area contributed by atoms with Crippen LogP contribution >= 0.6 is 0 Å². The standard InChI is InChI=1S/C31H36F3N3O2/c32-31(33,34)26-9-11-27(12-10-26)37-18-15-25(21-37)20-36-16-13-23(14-17-36)19-30(38)35-28-7-4-8-29(28)39-22-24-5-2-1-3-6-24/h1-3,5-6,9-12,15,18,21,23,28-29H,4,7-8,13-14,16-17,19-20,22H2,(H,35,38)/t28-,29-/m0/s1. The van der Waals surface area contributed by atoms with Gasteiger partial charge in [0.2, 0.25) is 5.91 Å². The van der Waals surface area contributed by atoms with Crippen LogP contribution in [0.2, 0.25) is 0 Å². The second kappa shape index (κ2) is 12.4. The van der Waals surface area contributed by atoms with Crippen LogP contribution in [0.15, 0.2) is 73.1 Å². The number of amides is 1. The van der Waals surface area contributed by atoms with Crippen LogP contribution in [0.1, 0.15) is 55.2 Å². The van der Waals surface area contributed by atoms with Gasteiger partial charge in [0.15, 0.2) is 0 Å². The van der Waals surface area contributed by atoms with Gasteiger partial charge in [-0.15, -0.1) is 0 Å². The van der Waals surface area contributed by atoms with Gasteiger partial charge in [-0.25, -0.2) is 0 Å². The Morgan fingerprint density at radius 1 is 0.923 bits per heavy atom. The van der Waals surface area contributed by atoms with E-state index in [-0.39, 0.29) is 18.1 Å². The summed E-state index contributed by atoms with van der Waals surface area (Å²) < 4.78 is 46.5. The molecule has 3 aromatic rings. The number of rotatable bonds is 9. The topological polar surface area (TPSA) is 46.5 Å². The summed E-state index contributed by atoms with van der Waals surface area (Å²) >= 11 is 0. The Kier molecular flexibility index (Phi) is 8.72. The Hall–Kier alpha value is -3.10. The molecule has 208 valence electrons. The van der Waals surface area contributed by atoms with Crippen LogP contribution in [-0.4, -0.2) is 40.6 Å². The lowest BCUT2D eigenvalue weighted by molar-refractivity contribution is -0.137. The molecule has 1 saturated carbocycles. The second-order valence-corrected chi connectivity index (χ2v) is 10.8. The molecule has 1 saturated heterocycles. The largest absolute Gasteiger partial charge is 0.416 e. The highest BCUT2D eigenvalue weighted by atomic mass is 19.4. The van der Waals surface area contributed by atoms with Crippen LogP contribution in [0.5, 0.6) is 0 Å². The molecule has 1 aromatic heterocycles.